The molecule has 2 rings (SSSR count). The summed E-state index contributed by atoms with van der Waals surface area (Å²) in [6.07, 6.45) is 0. The number of rotatable bonds is 5. The van der Waals surface area contributed by atoms with Gasteiger partial charge >= 0.3 is 5.97 Å². The van der Waals surface area contributed by atoms with Gasteiger partial charge in [-0.25, -0.2) is 4.79 Å². The fourth-order valence-corrected chi connectivity index (χ4v) is 2.86. The number of nitrogens with zero attached hydrogens (tertiary/aromatic N) is 1. The molecule has 5 nitrogen and oxygen atoms in total. The SMILES string of the molecule is Cc1cc(C(=O)COC(=O)c2ccc(Br)o2)c(C)n1C(C)C. The average Bonchev–Trinajstić information content (AvgIpc) is 2.99. The van der Waals surface area contributed by atoms with E-state index in [1.165, 1.54) is 6.07 Å². The van der Waals surface area contributed by atoms with E-state index in [2.05, 4.69) is 34.3 Å². The van der Waals surface area contributed by atoms with Gasteiger partial charge in [-0.2, -0.15) is 0 Å². The molecule has 0 fully saturated rings. The number of Topliss-reactive ketones (excluding diaryl/α,β-unsaturated/α-hetero) is 1. The average molecular weight is 368 g/mol. The molecule has 2 aromatic rings. The van der Waals surface area contributed by atoms with Crippen LogP contribution in [0.3, 0.4) is 0 Å². The summed E-state index contributed by atoms with van der Waals surface area (Å²) in [5, 5.41) is 0. The maximum Gasteiger partial charge on any atom is 0.374 e. The lowest BCUT2D eigenvalue weighted by Crippen LogP contribution is -2.15. The van der Waals surface area contributed by atoms with Gasteiger partial charge in [0.15, 0.2) is 11.3 Å². The van der Waals surface area contributed by atoms with Crippen molar-refractivity contribution in [3.8, 4) is 0 Å². The van der Waals surface area contributed by atoms with E-state index in [0.29, 0.717) is 10.2 Å². The molecule has 0 saturated heterocycles. The number of hydrogen-bond acceptors (Lipinski definition) is 4. The molecule has 0 bridgehead atoms. The van der Waals surface area contributed by atoms with Crippen LogP contribution in [0.5, 0.6) is 0 Å². The van der Waals surface area contributed by atoms with Crippen molar-refractivity contribution in [1.82, 2.24) is 4.57 Å². The number of furan rings is 1. The number of aromatic nitrogens is 1. The maximum atomic E-state index is 12.3. The quantitative estimate of drug-likeness (QED) is 0.589. The molecule has 0 N–H and O–H groups in total. The molecule has 0 aliphatic heterocycles. The van der Waals surface area contributed by atoms with Crippen molar-refractivity contribution in [2.75, 3.05) is 6.61 Å². The van der Waals surface area contributed by atoms with Gasteiger partial charge in [-0.1, -0.05) is 0 Å². The van der Waals surface area contributed by atoms with E-state index in [4.69, 9.17) is 9.15 Å². The van der Waals surface area contributed by atoms with Gasteiger partial charge in [0.25, 0.3) is 0 Å². The molecule has 0 aliphatic rings. The normalized spacial score (nSPS) is 11.0. The monoisotopic (exact) mass is 367 g/mol. The van der Waals surface area contributed by atoms with Gasteiger partial charge in [0.2, 0.25) is 11.5 Å². The Balaban J connectivity index is 2.07. The first-order chi connectivity index (χ1) is 10.3. The molecule has 2 aromatic heterocycles. The molecule has 118 valence electrons. The van der Waals surface area contributed by atoms with Crippen LogP contribution in [0, 0.1) is 13.8 Å². The molecule has 0 atom stereocenters. The summed E-state index contributed by atoms with van der Waals surface area (Å²) in [5.74, 6) is -0.817. The van der Waals surface area contributed by atoms with Crippen LogP contribution >= 0.6 is 15.9 Å². The van der Waals surface area contributed by atoms with Gasteiger partial charge < -0.3 is 13.7 Å². The number of carbonyl (C=O) groups is 2. The molecule has 0 amide bonds. The molecule has 22 heavy (non-hydrogen) atoms. The van der Waals surface area contributed by atoms with Crippen LogP contribution < -0.4 is 0 Å². The standard InChI is InChI=1S/C16H18BrNO4/c1-9(2)18-10(3)7-12(11(18)4)13(19)8-21-16(20)14-5-6-15(17)22-14/h5-7,9H,8H2,1-4H3. The van der Waals surface area contributed by atoms with Crippen LogP contribution in [0.2, 0.25) is 0 Å². The minimum absolute atomic E-state index is 0.0623. The van der Waals surface area contributed by atoms with E-state index < -0.39 is 5.97 Å². The third-order valence-electron chi connectivity index (χ3n) is 3.41. The van der Waals surface area contributed by atoms with E-state index >= 15 is 0 Å². The molecule has 0 unspecified atom stereocenters. The zero-order chi connectivity index (χ0) is 16.4. The number of halogens is 1. The van der Waals surface area contributed by atoms with Crippen LogP contribution in [0.15, 0.2) is 27.3 Å². The highest BCUT2D eigenvalue weighted by Crippen LogP contribution is 2.21. The lowest BCUT2D eigenvalue weighted by Gasteiger charge is -2.13. The molecule has 2 heterocycles. The molecular formula is C16H18BrNO4. The molecule has 0 spiro atoms. The fraction of sp³-hybridized carbons (Fsp3) is 0.375. The second-order valence-electron chi connectivity index (χ2n) is 5.35. The first kappa shape index (κ1) is 16.5. The Morgan fingerprint density at radius 2 is 2.00 bits per heavy atom. The Hall–Kier alpha value is -1.82. The van der Waals surface area contributed by atoms with Crippen molar-refractivity contribution < 1.29 is 18.7 Å². The minimum atomic E-state index is -0.656. The molecule has 0 radical (unpaired) electrons. The van der Waals surface area contributed by atoms with E-state index in [-0.39, 0.29) is 24.2 Å². The van der Waals surface area contributed by atoms with E-state index in [9.17, 15) is 9.59 Å². The highest BCUT2D eigenvalue weighted by Gasteiger charge is 2.19. The Kier molecular flexibility index (Phi) is 4.90. The highest BCUT2D eigenvalue weighted by molar-refractivity contribution is 9.10. The van der Waals surface area contributed by atoms with Gasteiger partial charge in [0.05, 0.1) is 0 Å². The summed E-state index contributed by atoms with van der Waals surface area (Å²) in [6, 6.07) is 5.18. The lowest BCUT2D eigenvalue weighted by molar-refractivity contribution is 0.0442. The minimum Gasteiger partial charge on any atom is -0.451 e. The molecule has 0 aromatic carbocycles. The number of hydrogen-bond donors (Lipinski definition) is 0. The lowest BCUT2D eigenvalue weighted by atomic mass is 10.1. The first-order valence-corrected chi connectivity index (χ1v) is 7.74. The second kappa shape index (κ2) is 6.52. The van der Waals surface area contributed by atoms with Gasteiger partial charge in [-0.05, 0) is 61.8 Å². The predicted octanol–water partition coefficient (Wildman–Crippen LogP) is 4.08. The maximum absolute atomic E-state index is 12.3. The summed E-state index contributed by atoms with van der Waals surface area (Å²) < 4.78 is 12.6. The van der Waals surface area contributed by atoms with Gasteiger partial charge in [0.1, 0.15) is 0 Å². The Morgan fingerprint density at radius 1 is 1.32 bits per heavy atom. The zero-order valence-corrected chi connectivity index (χ0v) is 14.6. The molecule has 6 heteroatoms. The summed E-state index contributed by atoms with van der Waals surface area (Å²) in [6.45, 7) is 7.66. The van der Waals surface area contributed by atoms with Crippen molar-refractivity contribution in [2.45, 2.75) is 33.7 Å². The van der Waals surface area contributed by atoms with Crippen molar-refractivity contribution in [2.24, 2.45) is 0 Å². The first-order valence-electron chi connectivity index (χ1n) is 6.95. The van der Waals surface area contributed by atoms with Crippen LogP contribution in [0.25, 0.3) is 0 Å². The third kappa shape index (κ3) is 3.32. The molecule has 0 aliphatic carbocycles. The number of aryl methyl sites for hydroxylation is 1. The number of carbonyl (C=O) groups excluding carboxylic acids is 2. The summed E-state index contributed by atoms with van der Waals surface area (Å²) in [5.41, 5.74) is 2.48. The second-order valence-corrected chi connectivity index (χ2v) is 6.13. The van der Waals surface area contributed by atoms with E-state index in [0.717, 1.165) is 11.4 Å². The van der Waals surface area contributed by atoms with Crippen LogP contribution in [0.1, 0.15) is 52.2 Å². The summed E-state index contributed by atoms with van der Waals surface area (Å²) >= 11 is 3.11. The topological polar surface area (TPSA) is 61.4 Å². The van der Waals surface area contributed by atoms with Crippen LogP contribution in [-0.2, 0) is 4.74 Å². The Morgan fingerprint density at radius 3 is 2.50 bits per heavy atom. The number of ketones is 1. The van der Waals surface area contributed by atoms with Crippen molar-refractivity contribution in [3.05, 3.63) is 45.6 Å². The Bertz CT molecular complexity index is 712. The van der Waals surface area contributed by atoms with E-state index in [1.807, 2.05) is 19.9 Å². The van der Waals surface area contributed by atoms with Crippen molar-refractivity contribution in [3.63, 3.8) is 0 Å². The van der Waals surface area contributed by atoms with Crippen molar-refractivity contribution >= 4 is 27.7 Å². The summed E-state index contributed by atoms with van der Waals surface area (Å²) in [4.78, 5) is 24.0. The smallest absolute Gasteiger partial charge is 0.374 e. The van der Waals surface area contributed by atoms with Gasteiger partial charge in [0, 0.05) is 23.0 Å². The Labute approximate surface area is 137 Å². The number of esters is 1. The largest absolute Gasteiger partial charge is 0.451 e. The predicted molar refractivity (Wildman–Crippen MR) is 85.3 cm³/mol. The van der Waals surface area contributed by atoms with Crippen LogP contribution in [-0.4, -0.2) is 22.9 Å². The van der Waals surface area contributed by atoms with Gasteiger partial charge in [-0.15, -0.1) is 0 Å². The number of ether oxygens (including phenoxy) is 1. The van der Waals surface area contributed by atoms with E-state index in [1.54, 1.807) is 6.07 Å². The zero-order valence-electron chi connectivity index (χ0n) is 13.0. The summed E-state index contributed by atoms with van der Waals surface area (Å²) in [7, 11) is 0. The van der Waals surface area contributed by atoms with Crippen molar-refractivity contribution in [1.29, 1.82) is 0 Å². The van der Waals surface area contributed by atoms with Crippen LogP contribution in [0.4, 0.5) is 0 Å². The van der Waals surface area contributed by atoms with Gasteiger partial charge in [-0.3, -0.25) is 4.79 Å². The molecular weight excluding hydrogens is 350 g/mol. The fourth-order valence-electron chi connectivity index (χ4n) is 2.56. The third-order valence-corrected chi connectivity index (χ3v) is 3.84. The molecule has 0 saturated carbocycles. The highest BCUT2D eigenvalue weighted by atomic mass is 79.9.